The number of benzene rings is 2. The van der Waals surface area contributed by atoms with Crippen molar-refractivity contribution in [3.63, 3.8) is 0 Å². The zero-order valence-corrected chi connectivity index (χ0v) is 11.8. The second kappa shape index (κ2) is 5.89. The summed E-state index contributed by atoms with van der Waals surface area (Å²) in [5.74, 6) is 0.855. The van der Waals surface area contributed by atoms with Gasteiger partial charge in [0.25, 0.3) is 0 Å². The first kappa shape index (κ1) is 13.6. The van der Waals surface area contributed by atoms with Crippen molar-refractivity contribution in [2.45, 2.75) is 26.3 Å². The van der Waals surface area contributed by atoms with Crippen LogP contribution in [-0.2, 0) is 6.42 Å². The minimum Gasteiger partial charge on any atom is -0.497 e. The minimum atomic E-state index is -0.00343. The average molecular weight is 255 g/mol. The van der Waals surface area contributed by atoms with Crippen LogP contribution in [-0.4, -0.2) is 7.11 Å². The van der Waals surface area contributed by atoms with Gasteiger partial charge in [-0.3, -0.25) is 0 Å². The highest BCUT2D eigenvalue weighted by atomic mass is 16.5. The summed E-state index contributed by atoms with van der Waals surface area (Å²) in [6.45, 7) is 4.24. The van der Waals surface area contributed by atoms with E-state index in [-0.39, 0.29) is 6.04 Å². The smallest absolute Gasteiger partial charge is 0.119 e. The highest BCUT2D eigenvalue weighted by Gasteiger charge is 2.08. The molecule has 0 saturated heterocycles. The molecule has 2 N–H and O–H groups in total. The maximum absolute atomic E-state index is 6.30. The second-order valence-corrected chi connectivity index (χ2v) is 5.08. The molecule has 19 heavy (non-hydrogen) atoms. The predicted octanol–water partition coefficient (Wildman–Crippen LogP) is 3.55. The molecule has 100 valence electrons. The number of hydrogen-bond acceptors (Lipinski definition) is 2. The summed E-state index contributed by atoms with van der Waals surface area (Å²) in [6.07, 6.45) is 0.843. The first-order valence-corrected chi connectivity index (χ1v) is 6.55. The second-order valence-electron chi connectivity index (χ2n) is 5.08. The van der Waals surface area contributed by atoms with E-state index in [1.54, 1.807) is 7.11 Å². The largest absolute Gasteiger partial charge is 0.497 e. The highest BCUT2D eigenvalue weighted by Crippen LogP contribution is 2.21. The first-order valence-electron chi connectivity index (χ1n) is 6.55. The highest BCUT2D eigenvalue weighted by molar-refractivity contribution is 5.33. The van der Waals surface area contributed by atoms with Crippen LogP contribution in [0.25, 0.3) is 0 Å². The Bertz CT molecular complexity index is 543. The summed E-state index contributed by atoms with van der Waals surface area (Å²) in [4.78, 5) is 0. The third-order valence-corrected chi connectivity index (χ3v) is 3.26. The lowest BCUT2D eigenvalue weighted by molar-refractivity contribution is 0.414. The van der Waals surface area contributed by atoms with E-state index < -0.39 is 0 Å². The Labute approximate surface area is 115 Å². The number of methoxy groups -OCH3 is 1. The Hall–Kier alpha value is -1.80. The normalized spacial score (nSPS) is 12.2. The third kappa shape index (κ3) is 3.58. The summed E-state index contributed by atoms with van der Waals surface area (Å²) < 4.78 is 5.24. The summed E-state index contributed by atoms with van der Waals surface area (Å²) >= 11 is 0. The topological polar surface area (TPSA) is 35.2 Å². The molecule has 0 aromatic heterocycles. The molecule has 2 heteroatoms. The molecule has 0 amide bonds. The van der Waals surface area contributed by atoms with Gasteiger partial charge >= 0.3 is 0 Å². The molecule has 1 unspecified atom stereocenters. The van der Waals surface area contributed by atoms with Crippen molar-refractivity contribution in [1.29, 1.82) is 0 Å². The molecule has 2 aromatic carbocycles. The van der Waals surface area contributed by atoms with Crippen molar-refractivity contribution >= 4 is 0 Å². The molecule has 0 heterocycles. The zero-order chi connectivity index (χ0) is 13.8. The molecule has 2 nitrogen and oxygen atoms in total. The van der Waals surface area contributed by atoms with Crippen LogP contribution in [0, 0.1) is 13.8 Å². The van der Waals surface area contributed by atoms with Crippen LogP contribution in [0.3, 0.4) is 0 Å². The van der Waals surface area contributed by atoms with E-state index in [2.05, 4.69) is 38.1 Å². The van der Waals surface area contributed by atoms with E-state index in [1.165, 1.54) is 16.7 Å². The van der Waals surface area contributed by atoms with Gasteiger partial charge in [0, 0.05) is 6.04 Å². The van der Waals surface area contributed by atoms with Crippen molar-refractivity contribution in [3.8, 4) is 5.75 Å². The van der Waals surface area contributed by atoms with E-state index in [0.717, 1.165) is 17.7 Å². The Morgan fingerprint density at radius 2 is 1.74 bits per heavy atom. The molecular weight excluding hydrogens is 234 g/mol. The quantitative estimate of drug-likeness (QED) is 0.906. The van der Waals surface area contributed by atoms with Crippen LogP contribution in [0.15, 0.2) is 42.5 Å². The zero-order valence-electron chi connectivity index (χ0n) is 11.8. The number of aryl methyl sites for hydroxylation is 2. The lowest BCUT2D eigenvalue weighted by atomic mass is 9.97. The molecule has 0 aliphatic rings. The minimum absolute atomic E-state index is 0.00343. The average Bonchev–Trinajstić information content (AvgIpc) is 2.37. The molecule has 2 aromatic rings. The molecule has 1 atom stereocenters. The first-order chi connectivity index (χ1) is 9.08. The molecule has 2 rings (SSSR count). The molecule has 0 saturated carbocycles. The van der Waals surface area contributed by atoms with E-state index >= 15 is 0 Å². The SMILES string of the molecule is COc1cccc(C(N)Cc2cc(C)cc(C)c2)c1. The fraction of sp³-hybridized carbons (Fsp3) is 0.294. The van der Waals surface area contributed by atoms with E-state index in [0.29, 0.717) is 0 Å². The lowest BCUT2D eigenvalue weighted by Crippen LogP contribution is -2.13. The van der Waals surface area contributed by atoms with E-state index in [1.807, 2.05) is 18.2 Å². The van der Waals surface area contributed by atoms with Gasteiger partial charge in [0.1, 0.15) is 5.75 Å². The van der Waals surface area contributed by atoms with Gasteiger partial charge < -0.3 is 10.5 Å². The molecule has 0 spiro atoms. The molecule has 0 aliphatic carbocycles. The van der Waals surface area contributed by atoms with E-state index in [9.17, 15) is 0 Å². The molecule has 0 aliphatic heterocycles. The summed E-state index contributed by atoms with van der Waals surface area (Å²) in [6, 6.07) is 14.6. The molecule has 0 radical (unpaired) electrons. The van der Waals surface area contributed by atoms with Gasteiger partial charge in [0.2, 0.25) is 0 Å². The standard InChI is InChI=1S/C17H21NO/c1-12-7-13(2)9-14(8-12)10-17(18)15-5-4-6-16(11-15)19-3/h4-9,11,17H,10,18H2,1-3H3. The van der Waals surface area contributed by atoms with Gasteiger partial charge in [-0.05, 0) is 43.5 Å². The predicted molar refractivity (Wildman–Crippen MR) is 79.5 cm³/mol. The monoisotopic (exact) mass is 255 g/mol. The summed E-state index contributed by atoms with van der Waals surface area (Å²) in [5, 5.41) is 0. The number of rotatable bonds is 4. The van der Waals surface area contributed by atoms with Gasteiger partial charge in [-0.1, -0.05) is 41.5 Å². The Balaban J connectivity index is 2.17. The van der Waals surface area contributed by atoms with Crippen LogP contribution >= 0.6 is 0 Å². The number of hydrogen-bond donors (Lipinski definition) is 1. The third-order valence-electron chi connectivity index (χ3n) is 3.26. The maximum atomic E-state index is 6.30. The van der Waals surface area contributed by atoms with Gasteiger partial charge in [0.05, 0.1) is 7.11 Å². The van der Waals surface area contributed by atoms with Crippen LogP contribution in [0.5, 0.6) is 5.75 Å². The Morgan fingerprint density at radius 1 is 1.05 bits per heavy atom. The van der Waals surface area contributed by atoms with Crippen LogP contribution < -0.4 is 10.5 Å². The number of nitrogens with two attached hydrogens (primary N) is 1. The Kier molecular flexibility index (Phi) is 4.23. The Morgan fingerprint density at radius 3 is 2.37 bits per heavy atom. The van der Waals surface area contributed by atoms with Gasteiger partial charge in [-0.2, -0.15) is 0 Å². The molecule has 0 fully saturated rings. The molecule has 0 bridgehead atoms. The van der Waals surface area contributed by atoms with Gasteiger partial charge in [0.15, 0.2) is 0 Å². The van der Waals surface area contributed by atoms with Crippen molar-refractivity contribution < 1.29 is 4.74 Å². The van der Waals surface area contributed by atoms with Crippen LogP contribution in [0.4, 0.5) is 0 Å². The van der Waals surface area contributed by atoms with Crippen LogP contribution in [0.2, 0.25) is 0 Å². The maximum Gasteiger partial charge on any atom is 0.119 e. The summed E-state index contributed by atoms with van der Waals surface area (Å²) in [7, 11) is 1.68. The fourth-order valence-electron chi connectivity index (χ4n) is 2.43. The van der Waals surface area contributed by atoms with Crippen molar-refractivity contribution in [2.75, 3.05) is 7.11 Å². The summed E-state index contributed by atoms with van der Waals surface area (Å²) in [5.41, 5.74) is 11.3. The van der Waals surface area contributed by atoms with Crippen LogP contribution in [0.1, 0.15) is 28.3 Å². The van der Waals surface area contributed by atoms with E-state index in [4.69, 9.17) is 10.5 Å². The lowest BCUT2D eigenvalue weighted by Gasteiger charge is -2.14. The van der Waals surface area contributed by atoms with Crippen molar-refractivity contribution in [1.82, 2.24) is 0 Å². The van der Waals surface area contributed by atoms with Gasteiger partial charge in [-0.15, -0.1) is 0 Å². The van der Waals surface area contributed by atoms with Crippen molar-refractivity contribution in [3.05, 3.63) is 64.7 Å². The van der Waals surface area contributed by atoms with Gasteiger partial charge in [-0.25, -0.2) is 0 Å². The number of ether oxygens (including phenoxy) is 1. The van der Waals surface area contributed by atoms with Crippen molar-refractivity contribution in [2.24, 2.45) is 5.73 Å². The molecular formula is C17H21NO. The fourth-order valence-corrected chi connectivity index (χ4v) is 2.43.